The molecule has 130 valence electrons. The van der Waals surface area contributed by atoms with E-state index in [1.165, 1.54) is 12.2 Å². The van der Waals surface area contributed by atoms with Gasteiger partial charge in [-0.3, -0.25) is 0 Å². The summed E-state index contributed by atoms with van der Waals surface area (Å²) in [7, 11) is -6.00. The highest BCUT2D eigenvalue weighted by atomic mass is 19.5. The number of alkyl halides is 3. The van der Waals surface area contributed by atoms with Gasteiger partial charge in [-0.2, -0.15) is 0 Å². The molecule has 0 saturated heterocycles. The fourth-order valence-corrected chi connectivity index (χ4v) is 2.02. The van der Waals surface area contributed by atoms with Crippen LogP contribution in [0, 0.1) is 5.39 Å². The molecule has 3 nitrogen and oxygen atoms in total. The summed E-state index contributed by atoms with van der Waals surface area (Å²) in [5, 5.41) is 9.05. The molecule has 0 amide bonds. The lowest BCUT2D eigenvalue weighted by Crippen LogP contribution is -2.39. The molecule has 1 aromatic rings. The van der Waals surface area contributed by atoms with Crippen LogP contribution in [0.25, 0.3) is 4.98 Å². The van der Waals surface area contributed by atoms with Crippen LogP contribution in [0.5, 0.6) is 0 Å². The third-order valence-electron chi connectivity index (χ3n) is 2.79. The highest BCUT2D eigenvalue weighted by Crippen LogP contribution is 2.41. The predicted octanol–water partition coefficient (Wildman–Crippen LogP) is 5.28. The number of diazo groups is 1. The maximum Gasteiger partial charge on any atom is 0.673 e. The molecular weight excluding hydrogens is 344 g/mol. The Hall–Kier alpha value is -2.35. The van der Waals surface area contributed by atoms with Crippen molar-refractivity contribution in [1.29, 1.82) is 5.39 Å². The second-order valence-corrected chi connectivity index (χ2v) is 4.53. The number of nitrogens with zero attached hydrogens (tertiary/aromatic N) is 2. The first kappa shape index (κ1) is 19.7. The molecule has 11 heteroatoms. The highest BCUT2D eigenvalue weighted by molar-refractivity contribution is 6.50. The molecule has 2 atom stereocenters. The molecule has 0 bridgehead atoms. The first-order valence-corrected chi connectivity index (χ1v) is 6.38. The zero-order valence-electron chi connectivity index (χ0n) is 11.8. The van der Waals surface area contributed by atoms with Crippen LogP contribution in [-0.2, 0) is 4.74 Å². The average Bonchev–Trinajstić information content (AvgIpc) is 2.45. The second kappa shape index (κ2) is 7.48. The Morgan fingerprint density at radius 3 is 2.04 bits per heavy atom. The van der Waals surface area contributed by atoms with E-state index < -0.39 is 25.3 Å². The monoisotopic (exact) mass is 354 g/mol. The smallest absolute Gasteiger partial charge is 0.418 e. The molecule has 0 aromatic heterocycles. The van der Waals surface area contributed by atoms with Crippen molar-refractivity contribution in [2.45, 2.75) is 18.0 Å². The van der Waals surface area contributed by atoms with Crippen LogP contribution < -0.4 is 0 Å². The number of benzene rings is 1. The van der Waals surface area contributed by atoms with E-state index in [0.29, 0.717) is 5.56 Å². The van der Waals surface area contributed by atoms with Crippen molar-refractivity contribution in [2.75, 3.05) is 0 Å². The summed E-state index contributed by atoms with van der Waals surface area (Å²) in [5.74, 6) is -0.856. The van der Waals surface area contributed by atoms with Gasteiger partial charge in [-0.25, -0.2) is 4.74 Å². The lowest BCUT2D eigenvalue weighted by Gasteiger charge is -2.23. The molecule has 1 aliphatic rings. The van der Waals surface area contributed by atoms with Gasteiger partial charge < -0.3 is 17.3 Å². The molecule has 0 N–H and O–H groups in total. The molecule has 0 fully saturated rings. The largest absolute Gasteiger partial charge is 0.673 e. The number of halogens is 7. The van der Waals surface area contributed by atoms with Crippen molar-refractivity contribution in [3.8, 4) is 0 Å². The highest BCUT2D eigenvalue weighted by Gasteiger charge is 2.59. The van der Waals surface area contributed by atoms with Crippen molar-refractivity contribution >= 4 is 7.25 Å². The first-order valence-electron chi connectivity index (χ1n) is 6.38. The zero-order valence-corrected chi connectivity index (χ0v) is 11.8. The lowest BCUT2D eigenvalue weighted by molar-refractivity contribution is -0.353. The standard InChI is InChI=1S/C13H10F3N2O.BF4/c14-13(15,16)19-12(18-17)9-5-4-8-11(12)10-6-2-1-3-7-10;2-1(3,4)5/h1-9,11H;/q+1;-1. The molecule has 0 spiro atoms. The number of ether oxygens (including phenoxy) is 1. The maximum absolute atomic E-state index is 12.5. The molecular formula is C13H10BF7N2O. The van der Waals surface area contributed by atoms with Crippen molar-refractivity contribution in [1.82, 2.24) is 0 Å². The van der Waals surface area contributed by atoms with Crippen LogP contribution in [-0.4, -0.2) is 19.3 Å². The summed E-state index contributed by atoms with van der Waals surface area (Å²) in [6.07, 6.45) is 0.611. The number of hydrogen-bond acceptors (Lipinski definition) is 2. The predicted molar refractivity (Wildman–Crippen MR) is 72.6 cm³/mol. The van der Waals surface area contributed by atoms with E-state index in [4.69, 9.17) is 5.39 Å². The van der Waals surface area contributed by atoms with Gasteiger partial charge in [-0.1, -0.05) is 48.6 Å². The van der Waals surface area contributed by atoms with E-state index in [0.717, 1.165) is 6.08 Å². The van der Waals surface area contributed by atoms with Gasteiger partial charge in [0.1, 0.15) is 5.92 Å². The summed E-state index contributed by atoms with van der Waals surface area (Å²) >= 11 is 0. The molecule has 1 aliphatic carbocycles. The Morgan fingerprint density at radius 2 is 1.58 bits per heavy atom. The minimum absolute atomic E-state index is 0.560. The van der Waals surface area contributed by atoms with E-state index in [2.05, 4.69) is 9.71 Å². The van der Waals surface area contributed by atoms with Crippen LogP contribution in [0.1, 0.15) is 11.5 Å². The van der Waals surface area contributed by atoms with Crippen LogP contribution in [0.4, 0.5) is 30.4 Å². The van der Waals surface area contributed by atoms with Crippen LogP contribution in [0.3, 0.4) is 0 Å². The molecule has 1 aromatic carbocycles. The molecule has 0 aliphatic heterocycles. The van der Waals surface area contributed by atoms with Crippen molar-refractivity contribution in [3.63, 3.8) is 0 Å². The van der Waals surface area contributed by atoms with Crippen molar-refractivity contribution in [2.24, 2.45) is 0 Å². The molecule has 0 radical (unpaired) electrons. The van der Waals surface area contributed by atoms with Crippen molar-refractivity contribution in [3.05, 3.63) is 65.2 Å². The van der Waals surface area contributed by atoms with Gasteiger partial charge in [0.2, 0.25) is 5.39 Å². The molecule has 2 rings (SSSR count). The summed E-state index contributed by atoms with van der Waals surface area (Å²) in [6.45, 7) is 0. The fraction of sp³-hybridized carbons (Fsp3) is 0.231. The minimum atomic E-state index is -6.00. The zero-order chi connectivity index (χ0) is 18.4. The van der Waals surface area contributed by atoms with Crippen LogP contribution in [0.15, 0.2) is 54.6 Å². The minimum Gasteiger partial charge on any atom is -0.418 e. The normalized spacial score (nSPS) is 23.2. The van der Waals surface area contributed by atoms with Gasteiger partial charge in [0.05, 0.1) is 0 Å². The Bertz CT molecular complexity index is 630. The topological polar surface area (TPSA) is 37.4 Å². The van der Waals surface area contributed by atoms with Gasteiger partial charge in [0.15, 0.2) is 4.98 Å². The summed E-state index contributed by atoms with van der Waals surface area (Å²) < 4.78 is 80.6. The number of allylic oxidation sites excluding steroid dienone is 2. The Balaban J connectivity index is 0.000000505. The summed E-state index contributed by atoms with van der Waals surface area (Å²) in [5.41, 5.74) is -1.63. The molecule has 24 heavy (non-hydrogen) atoms. The van der Waals surface area contributed by atoms with Gasteiger partial charge >= 0.3 is 19.3 Å². The number of hydrogen-bond donors (Lipinski definition) is 0. The number of rotatable bonds is 2. The third-order valence-corrected chi connectivity index (χ3v) is 2.79. The quantitative estimate of drug-likeness (QED) is 0.412. The van der Waals surface area contributed by atoms with Crippen LogP contribution in [0.2, 0.25) is 0 Å². The summed E-state index contributed by atoms with van der Waals surface area (Å²) in [6, 6.07) is 8.42. The average molecular weight is 354 g/mol. The maximum atomic E-state index is 12.5. The lowest BCUT2D eigenvalue weighted by atomic mass is 9.85. The fourth-order valence-electron chi connectivity index (χ4n) is 2.02. The van der Waals surface area contributed by atoms with E-state index >= 15 is 0 Å². The van der Waals surface area contributed by atoms with Gasteiger partial charge in [-0.05, 0) is 5.56 Å². The van der Waals surface area contributed by atoms with Gasteiger partial charge in [-0.15, -0.1) is 13.2 Å². The van der Waals surface area contributed by atoms with Gasteiger partial charge in [0, 0.05) is 6.08 Å². The van der Waals surface area contributed by atoms with E-state index in [1.54, 1.807) is 36.4 Å². The van der Waals surface area contributed by atoms with E-state index in [1.807, 2.05) is 0 Å². The molecule has 0 heterocycles. The van der Waals surface area contributed by atoms with Crippen molar-refractivity contribution < 1.29 is 35.2 Å². The molecule has 2 unspecified atom stereocenters. The second-order valence-electron chi connectivity index (χ2n) is 4.53. The third kappa shape index (κ3) is 6.41. The SMILES string of the molecule is F[B-](F)(F)F.N#[N+]C1(OC(F)(F)F)C=CC=CC1c1ccccc1. The Morgan fingerprint density at radius 1 is 1.04 bits per heavy atom. The Kier molecular flexibility index (Phi) is 6.14. The van der Waals surface area contributed by atoms with Gasteiger partial charge in [0.25, 0.3) is 0 Å². The molecule has 0 saturated carbocycles. The summed E-state index contributed by atoms with van der Waals surface area (Å²) in [4.78, 5) is 2.84. The van der Waals surface area contributed by atoms with E-state index in [9.17, 15) is 30.4 Å². The Labute approximate surface area is 132 Å². The van der Waals surface area contributed by atoms with E-state index in [-0.39, 0.29) is 0 Å². The van der Waals surface area contributed by atoms with Crippen LogP contribution >= 0.6 is 0 Å². The first-order chi connectivity index (χ1) is 11.0.